The third-order valence-electron chi connectivity index (χ3n) is 6.01. The van der Waals surface area contributed by atoms with E-state index < -0.39 is 0 Å². The second-order valence-corrected chi connectivity index (χ2v) is 7.84. The molecule has 1 heterocycles. The Hall–Kier alpha value is -3.92. The van der Waals surface area contributed by atoms with Crippen molar-refractivity contribution in [2.45, 2.75) is 13.1 Å². The molecule has 32 heavy (non-hydrogen) atoms. The summed E-state index contributed by atoms with van der Waals surface area (Å²) in [5.74, 6) is 1.63. The van der Waals surface area contributed by atoms with Crippen LogP contribution in [0, 0.1) is 0 Å². The van der Waals surface area contributed by atoms with Crippen molar-refractivity contribution in [1.82, 2.24) is 0 Å². The van der Waals surface area contributed by atoms with Gasteiger partial charge in [0, 0.05) is 35.6 Å². The van der Waals surface area contributed by atoms with E-state index in [0.717, 1.165) is 47.1 Å². The number of methoxy groups -OCH3 is 2. The largest absolute Gasteiger partial charge is 0.497 e. The molecule has 0 aromatic heterocycles. The first-order valence-corrected chi connectivity index (χ1v) is 10.8. The molecule has 0 aliphatic carbocycles. The molecule has 1 aliphatic rings. The van der Waals surface area contributed by atoms with Gasteiger partial charge in [-0.1, -0.05) is 48.5 Å². The molecule has 5 rings (SSSR count). The Balaban J connectivity index is 1.71. The summed E-state index contributed by atoms with van der Waals surface area (Å²) in [6.45, 7) is 1.44. The number of rotatable bonds is 2. The highest BCUT2D eigenvalue weighted by atomic mass is 16.5. The van der Waals surface area contributed by atoms with Crippen molar-refractivity contribution in [1.29, 1.82) is 0 Å². The molecule has 0 saturated carbocycles. The molecular formula is C28H26N2O2. The van der Waals surface area contributed by atoms with E-state index >= 15 is 0 Å². The van der Waals surface area contributed by atoms with Gasteiger partial charge >= 0.3 is 0 Å². The maximum absolute atomic E-state index is 5.55. The quantitative estimate of drug-likeness (QED) is 0.383. The Morgan fingerprint density at radius 3 is 1.41 bits per heavy atom. The molecule has 4 aromatic rings. The van der Waals surface area contributed by atoms with E-state index in [1.807, 2.05) is 12.1 Å². The van der Waals surface area contributed by atoms with Crippen LogP contribution in [0.15, 0.2) is 84.9 Å². The first-order chi connectivity index (χ1) is 15.8. The van der Waals surface area contributed by atoms with Gasteiger partial charge < -0.3 is 20.1 Å². The average Bonchev–Trinajstić information content (AvgIpc) is 2.86. The molecule has 0 radical (unpaired) electrons. The van der Waals surface area contributed by atoms with Gasteiger partial charge in [0.25, 0.3) is 0 Å². The molecule has 0 amide bonds. The number of benzene rings is 4. The number of ether oxygens (including phenoxy) is 2. The van der Waals surface area contributed by atoms with Gasteiger partial charge in [-0.15, -0.1) is 0 Å². The smallest absolute Gasteiger partial charge is 0.119 e. The van der Waals surface area contributed by atoms with Crippen LogP contribution in [0.2, 0.25) is 0 Å². The third kappa shape index (κ3) is 3.76. The van der Waals surface area contributed by atoms with Crippen molar-refractivity contribution in [3.63, 3.8) is 0 Å². The zero-order valence-electron chi connectivity index (χ0n) is 18.3. The Labute approximate surface area is 188 Å². The number of hydrogen-bond donors (Lipinski definition) is 2. The maximum Gasteiger partial charge on any atom is 0.119 e. The van der Waals surface area contributed by atoms with Crippen molar-refractivity contribution in [3.05, 3.63) is 96.1 Å². The molecule has 2 N–H and O–H groups in total. The summed E-state index contributed by atoms with van der Waals surface area (Å²) in [6.07, 6.45) is 0. The van der Waals surface area contributed by atoms with Crippen molar-refractivity contribution in [2.75, 3.05) is 24.9 Å². The van der Waals surface area contributed by atoms with E-state index in [-0.39, 0.29) is 0 Å². The van der Waals surface area contributed by atoms with E-state index in [1.165, 1.54) is 22.3 Å². The van der Waals surface area contributed by atoms with Gasteiger partial charge in [-0.05, 0) is 58.7 Å². The number of nitrogens with one attached hydrogen (secondary N) is 2. The van der Waals surface area contributed by atoms with Crippen LogP contribution in [0.1, 0.15) is 11.1 Å². The van der Waals surface area contributed by atoms with Gasteiger partial charge in [0.05, 0.1) is 14.2 Å². The zero-order valence-corrected chi connectivity index (χ0v) is 18.3. The fourth-order valence-corrected chi connectivity index (χ4v) is 4.31. The third-order valence-corrected chi connectivity index (χ3v) is 6.01. The lowest BCUT2D eigenvalue weighted by atomic mass is 9.94. The number of anilines is 2. The Morgan fingerprint density at radius 1 is 0.531 bits per heavy atom. The minimum absolute atomic E-state index is 0.719. The lowest BCUT2D eigenvalue weighted by Gasteiger charge is -2.21. The minimum Gasteiger partial charge on any atom is -0.497 e. The van der Waals surface area contributed by atoms with Crippen molar-refractivity contribution >= 4 is 11.4 Å². The molecule has 0 spiro atoms. The van der Waals surface area contributed by atoms with Gasteiger partial charge in [-0.25, -0.2) is 0 Å². The molecule has 1 aliphatic heterocycles. The molecule has 0 bridgehead atoms. The van der Waals surface area contributed by atoms with Gasteiger partial charge in [0.2, 0.25) is 0 Å². The maximum atomic E-state index is 5.55. The van der Waals surface area contributed by atoms with Crippen LogP contribution in [0.3, 0.4) is 0 Å². The van der Waals surface area contributed by atoms with Crippen LogP contribution < -0.4 is 20.1 Å². The SMILES string of the molecule is COc1ccc2c(c1)-c1cc(OC)ccc1NCc1ccccc1-c1ccccc1CN2. The van der Waals surface area contributed by atoms with Crippen LogP contribution in [-0.2, 0) is 13.1 Å². The lowest BCUT2D eigenvalue weighted by molar-refractivity contribution is 0.414. The normalized spacial score (nSPS) is 12.3. The van der Waals surface area contributed by atoms with E-state index in [2.05, 4.69) is 83.4 Å². The predicted molar refractivity (Wildman–Crippen MR) is 132 cm³/mol. The molecule has 4 nitrogen and oxygen atoms in total. The minimum atomic E-state index is 0.719. The second-order valence-electron chi connectivity index (χ2n) is 7.84. The van der Waals surface area contributed by atoms with E-state index in [1.54, 1.807) is 14.2 Å². The van der Waals surface area contributed by atoms with E-state index in [9.17, 15) is 0 Å². The van der Waals surface area contributed by atoms with Crippen LogP contribution in [0.5, 0.6) is 11.5 Å². The molecule has 4 aromatic carbocycles. The summed E-state index contributed by atoms with van der Waals surface area (Å²) in [6, 6.07) is 29.5. The highest BCUT2D eigenvalue weighted by Crippen LogP contribution is 2.40. The van der Waals surface area contributed by atoms with Crippen LogP contribution in [0.4, 0.5) is 11.4 Å². The molecular weight excluding hydrogens is 396 g/mol. The summed E-state index contributed by atoms with van der Waals surface area (Å²) in [7, 11) is 3.39. The molecule has 0 atom stereocenters. The highest BCUT2D eigenvalue weighted by Gasteiger charge is 2.16. The molecule has 0 saturated heterocycles. The first kappa shape index (κ1) is 20.0. The van der Waals surface area contributed by atoms with Gasteiger partial charge in [-0.3, -0.25) is 0 Å². The van der Waals surface area contributed by atoms with Crippen molar-refractivity contribution in [3.8, 4) is 33.8 Å². The lowest BCUT2D eigenvalue weighted by Crippen LogP contribution is -2.08. The Morgan fingerprint density at radius 2 is 0.969 bits per heavy atom. The predicted octanol–water partition coefficient (Wildman–Crippen LogP) is 6.58. The monoisotopic (exact) mass is 422 g/mol. The number of fused-ring (bicyclic) bond motifs is 6. The fourth-order valence-electron chi connectivity index (χ4n) is 4.31. The molecule has 4 heteroatoms. The Bertz CT molecular complexity index is 1170. The fraction of sp³-hybridized carbons (Fsp3) is 0.143. The van der Waals surface area contributed by atoms with E-state index in [4.69, 9.17) is 9.47 Å². The summed E-state index contributed by atoms with van der Waals surface area (Å²) in [5.41, 5.74) is 9.25. The van der Waals surface area contributed by atoms with Crippen molar-refractivity contribution < 1.29 is 9.47 Å². The van der Waals surface area contributed by atoms with Gasteiger partial charge in [-0.2, -0.15) is 0 Å². The van der Waals surface area contributed by atoms with Gasteiger partial charge in [0.15, 0.2) is 0 Å². The van der Waals surface area contributed by atoms with E-state index in [0.29, 0.717) is 0 Å². The number of hydrogen-bond acceptors (Lipinski definition) is 4. The van der Waals surface area contributed by atoms with Gasteiger partial charge in [0.1, 0.15) is 11.5 Å². The summed E-state index contributed by atoms with van der Waals surface area (Å²) >= 11 is 0. The summed E-state index contributed by atoms with van der Waals surface area (Å²) in [5, 5.41) is 7.35. The molecule has 0 unspecified atom stereocenters. The average molecular weight is 423 g/mol. The Kier molecular flexibility index (Phi) is 5.42. The van der Waals surface area contributed by atoms with Crippen LogP contribution >= 0.6 is 0 Å². The summed E-state index contributed by atoms with van der Waals surface area (Å²) < 4.78 is 11.1. The van der Waals surface area contributed by atoms with Crippen LogP contribution in [0.25, 0.3) is 22.3 Å². The summed E-state index contributed by atoms with van der Waals surface area (Å²) in [4.78, 5) is 0. The van der Waals surface area contributed by atoms with Crippen molar-refractivity contribution in [2.24, 2.45) is 0 Å². The topological polar surface area (TPSA) is 42.5 Å². The first-order valence-electron chi connectivity index (χ1n) is 10.8. The standard InChI is InChI=1S/C28H26N2O2/c1-31-21-11-13-27-25(15-21)26-16-22(32-2)12-14-28(26)30-18-20-8-4-6-10-24(20)23-9-5-3-7-19(23)17-29-27/h3-16,29-30H,17-18H2,1-2H3. The molecule has 0 fully saturated rings. The molecule has 160 valence electrons. The second kappa shape index (κ2) is 8.67. The van der Waals surface area contributed by atoms with Crippen LogP contribution in [-0.4, -0.2) is 14.2 Å². The highest BCUT2D eigenvalue weighted by molar-refractivity contribution is 5.88. The zero-order chi connectivity index (χ0) is 21.9.